The molecule has 2 rings (SSSR count). The SMILES string of the molecule is CC(C)NCc1cc(F)ccc1SC1CCCC1. The van der Waals surface area contributed by atoms with Crippen LogP contribution in [0.5, 0.6) is 0 Å². The van der Waals surface area contributed by atoms with Gasteiger partial charge < -0.3 is 5.32 Å². The summed E-state index contributed by atoms with van der Waals surface area (Å²) < 4.78 is 13.3. The molecule has 0 saturated heterocycles. The van der Waals surface area contributed by atoms with E-state index in [0.29, 0.717) is 6.04 Å². The van der Waals surface area contributed by atoms with Gasteiger partial charge in [-0.3, -0.25) is 0 Å². The zero-order valence-electron chi connectivity index (χ0n) is 11.2. The molecule has 1 saturated carbocycles. The normalized spacial score (nSPS) is 16.7. The molecule has 1 aliphatic carbocycles. The standard InChI is InChI=1S/C15H22FNS/c1-11(2)17-10-12-9-13(16)7-8-15(12)18-14-5-3-4-6-14/h7-9,11,14,17H,3-6,10H2,1-2H3. The zero-order valence-corrected chi connectivity index (χ0v) is 12.0. The van der Waals surface area contributed by atoms with E-state index in [9.17, 15) is 4.39 Å². The Morgan fingerprint density at radius 2 is 2.06 bits per heavy atom. The lowest BCUT2D eigenvalue weighted by molar-refractivity contribution is 0.576. The highest BCUT2D eigenvalue weighted by molar-refractivity contribution is 8.00. The number of hydrogen-bond donors (Lipinski definition) is 1. The Hall–Kier alpha value is -0.540. The third kappa shape index (κ3) is 3.99. The van der Waals surface area contributed by atoms with Crippen LogP contribution in [0.4, 0.5) is 4.39 Å². The van der Waals surface area contributed by atoms with Gasteiger partial charge in [-0.15, -0.1) is 11.8 Å². The van der Waals surface area contributed by atoms with E-state index in [0.717, 1.165) is 17.4 Å². The van der Waals surface area contributed by atoms with Gasteiger partial charge in [0.15, 0.2) is 0 Å². The Kier molecular flexibility index (Phi) is 5.07. The molecule has 0 atom stereocenters. The fourth-order valence-electron chi connectivity index (χ4n) is 2.30. The summed E-state index contributed by atoms with van der Waals surface area (Å²) in [6.45, 7) is 4.98. The van der Waals surface area contributed by atoms with E-state index >= 15 is 0 Å². The van der Waals surface area contributed by atoms with E-state index in [1.807, 2.05) is 17.8 Å². The summed E-state index contributed by atoms with van der Waals surface area (Å²) >= 11 is 1.93. The molecule has 0 aromatic heterocycles. The Balaban J connectivity index is 2.06. The third-order valence-corrected chi connectivity index (χ3v) is 4.78. The van der Waals surface area contributed by atoms with Crippen LogP contribution >= 0.6 is 11.8 Å². The van der Waals surface area contributed by atoms with E-state index < -0.39 is 0 Å². The zero-order chi connectivity index (χ0) is 13.0. The first-order chi connectivity index (χ1) is 8.65. The Bertz CT molecular complexity index is 386. The fourth-order valence-corrected chi connectivity index (χ4v) is 3.66. The summed E-state index contributed by atoms with van der Waals surface area (Å²) in [6.07, 6.45) is 5.30. The average Bonchev–Trinajstić information content (AvgIpc) is 2.82. The van der Waals surface area contributed by atoms with Crippen molar-refractivity contribution in [2.24, 2.45) is 0 Å². The summed E-state index contributed by atoms with van der Waals surface area (Å²) in [4.78, 5) is 1.25. The number of rotatable bonds is 5. The van der Waals surface area contributed by atoms with Gasteiger partial charge in [0.1, 0.15) is 5.82 Å². The van der Waals surface area contributed by atoms with Crippen molar-refractivity contribution in [1.29, 1.82) is 0 Å². The smallest absolute Gasteiger partial charge is 0.123 e. The molecular formula is C15H22FNS. The first-order valence-electron chi connectivity index (χ1n) is 6.83. The van der Waals surface area contributed by atoms with Crippen molar-refractivity contribution in [3.63, 3.8) is 0 Å². The van der Waals surface area contributed by atoms with Crippen molar-refractivity contribution in [3.05, 3.63) is 29.6 Å². The van der Waals surface area contributed by atoms with Gasteiger partial charge in [0.05, 0.1) is 0 Å². The highest BCUT2D eigenvalue weighted by Crippen LogP contribution is 2.36. The number of hydrogen-bond acceptors (Lipinski definition) is 2. The molecule has 0 spiro atoms. The number of halogens is 1. The second-order valence-corrected chi connectivity index (χ2v) is 6.65. The van der Waals surface area contributed by atoms with Crippen LogP contribution in [-0.4, -0.2) is 11.3 Å². The minimum Gasteiger partial charge on any atom is -0.310 e. The topological polar surface area (TPSA) is 12.0 Å². The van der Waals surface area contributed by atoms with E-state index in [-0.39, 0.29) is 5.82 Å². The quantitative estimate of drug-likeness (QED) is 0.850. The van der Waals surface area contributed by atoms with Crippen LogP contribution in [0, 0.1) is 5.82 Å². The molecule has 1 aromatic carbocycles. The van der Waals surface area contributed by atoms with Crippen LogP contribution < -0.4 is 5.32 Å². The average molecular weight is 267 g/mol. The Morgan fingerprint density at radius 1 is 1.33 bits per heavy atom. The maximum Gasteiger partial charge on any atom is 0.123 e. The van der Waals surface area contributed by atoms with Gasteiger partial charge in [-0.25, -0.2) is 4.39 Å². The molecule has 0 unspecified atom stereocenters. The van der Waals surface area contributed by atoms with E-state index in [4.69, 9.17) is 0 Å². The first kappa shape index (κ1) is 13.9. The van der Waals surface area contributed by atoms with Crippen molar-refractivity contribution < 1.29 is 4.39 Å². The second kappa shape index (κ2) is 6.58. The Morgan fingerprint density at radius 3 is 2.72 bits per heavy atom. The van der Waals surface area contributed by atoms with E-state index in [1.165, 1.54) is 30.6 Å². The van der Waals surface area contributed by atoms with Crippen LogP contribution in [0.25, 0.3) is 0 Å². The van der Waals surface area contributed by atoms with Gasteiger partial charge >= 0.3 is 0 Å². The summed E-state index contributed by atoms with van der Waals surface area (Å²) in [5.41, 5.74) is 1.10. The molecule has 1 aromatic rings. The number of benzene rings is 1. The van der Waals surface area contributed by atoms with Crippen LogP contribution in [-0.2, 0) is 6.54 Å². The molecule has 3 heteroatoms. The van der Waals surface area contributed by atoms with Gasteiger partial charge in [0, 0.05) is 22.7 Å². The number of nitrogens with one attached hydrogen (secondary N) is 1. The maximum atomic E-state index is 13.3. The van der Waals surface area contributed by atoms with Crippen molar-refractivity contribution in [3.8, 4) is 0 Å². The Labute approximate surface area is 114 Å². The maximum absolute atomic E-state index is 13.3. The van der Waals surface area contributed by atoms with Gasteiger partial charge in [-0.1, -0.05) is 26.7 Å². The molecule has 0 amide bonds. The minimum atomic E-state index is -0.133. The monoisotopic (exact) mass is 267 g/mol. The van der Waals surface area contributed by atoms with Crippen molar-refractivity contribution in [2.75, 3.05) is 0 Å². The van der Waals surface area contributed by atoms with Gasteiger partial charge in [0.25, 0.3) is 0 Å². The molecule has 1 N–H and O–H groups in total. The van der Waals surface area contributed by atoms with Gasteiger partial charge in [-0.2, -0.15) is 0 Å². The predicted octanol–water partition coefficient (Wildman–Crippen LogP) is 4.36. The van der Waals surface area contributed by atoms with Crippen LogP contribution in [0.2, 0.25) is 0 Å². The number of thioether (sulfide) groups is 1. The molecule has 1 aliphatic rings. The van der Waals surface area contributed by atoms with Crippen molar-refractivity contribution in [2.45, 2.75) is 62.3 Å². The lowest BCUT2D eigenvalue weighted by Gasteiger charge is -2.15. The van der Waals surface area contributed by atoms with Crippen LogP contribution in [0.1, 0.15) is 45.1 Å². The molecule has 0 radical (unpaired) electrons. The molecule has 1 nitrogen and oxygen atoms in total. The van der Waals surface area contributed by atoms with Crippen LogP contribution in [0.15, 0.2) is 23.1 Å². The largest absolute Gasteiger partial charge is 0.310 e. The van der Waals surface area contributed by atoms with E-state index in [2.05, 4.69) is 19.2 Å². The van der Waals surface area contributed by atoms with E-state index in [1.54, 1.807) is 12.1 Å². The highest BCUT2D eigenvalue weighted by atomic mass is 32.2. The first-order valence-corrected chi connectivity index (χ1v) is 7.71. The van der Waals surface area contributed by atoms with Crippen molar-refractivity contribution in [1.82, 2.24) is 5.32 Å². The molecular weight excluding hydrogens is 245 g/mol. The lowest BCUT2D eigenvalue weighted by atomic mass is 10.2. The summed E-state index contributed by atoms with van der Waals surface area (Å²) in [7, 11) is 0. The van der Waals surface area contributed by atoms with Gasteiger partial charge in [0.2, 0.25) is 0 Å². The van der Waals surface area contributed by atoms with Crippen molar-refractivity contribution >= 4 is 11.8 Å². The van der Waals surface area contributed by atoms with Crippen LogP contribution in [0.3, 0.4) is 0 Å². The molecule has 0 bridgehead atoms. The molecule has 18 heavy (non-hydrogen) atoms. The van der Waals surface area contributed by atoms with Gasteiger partial charge in [-0.05, 0) is 36.6 Å². The summed E-state index contributed by atoms with van der Waals surface area (Å²) in [5.74, 6) is -0.133. The third-order valence-electron chi connectivity index (χ3n) is 3.32. The lowest BCUT2D eigenvalue weighted by Crippen LogP contribution is -2.22. The fraction of sp³-hybridized carbons (Fsp3) is 0.600. The minimum absolute atomic E-state index is 0.133. The predicted molar refractivity (Wildman–Crippen MR) is 76.5 cm³/mol. The second-order valence-electron chi connectivity index (χ2n) is 5.31. The molecule has 100 valence electrons. The molecule has 1 fully saturated rings. The highest BCUT2D eigenvalue weighted by Gasteiger charge is 2.17. The molecule has 0 heterocycles. The molecule has 0 aliphatic heterocycles. The summed E-state index contributed by atoms with van der Waals surface area (Å²) in [5, 5.41) is 4.10. The summed E-state index contributed by atoms with van der Waals surface area (Å²) in [6, 6.07) is 5.62.